The molecule has 0 saturated heterocycles. The van der Waals surface area contributed by atoms with Gasteiger partial charge in [0, 0.05) is 11.3 Å². The summed E-state index contributed by atoms with van der Waals surface area (Å²) >= 11 is 0. The Labute approximate surface area is 101 Å². The van der Waals surface area contributed by atoms with Gasteiger partial charge in [0.05, 0.1) is 0 Å². The monoisotopic (exact) mass is 234 g/mol. The first-order valence-electron chi connectivity index (χ1n) is 6.02. The summed E-state index contributed by atoms with van der Waals surface area (Å²) in [5.74, 6) is -1.90. The van der Waals surface area contributed by atoms with Crippen LogP contribution in [0.1, 0.15) is 40.5 Å². The van der Waals surface area contributed by atoms with Crippen molar-refractivity contribution in [2.45, 2.75) is 40.5 Å². The molecule has 2 rings (SSSR count). The van der Waals surface area contributed by atoms with Gasteiger partial charge in [-0.25, -0.2) is 0 Å². The Kier molecular flexibility index (Phi) is 2.60. The molecule has 0 radical (unpaired) electrons. The average molecular weight is 234 g/mol. The van der Waals surface area contributed by atoms with Gasteiger partial charge >= 0.3 is 0 Å². The molecule has 0 aliphatic heterocycles. The molecule has 3 heteroatoms. The molecule has 92 valence electrons. The first-order valence-corrected chi connectivity index (χ1v) is 6.02. The van der Waals surface area contributed by atoms with Crippen molar-refractivity contribution in [2.24, 2.45) is 17.3 Å². The fraction of sp³-hybridized carbons (Fsp3) is 0.643. The summed E-state index contributed by atoms with van der Waals surface area (Å²) in [6.07, 6.45) is 1.26. The predicted octanol–water partition coefficient (Wildman–Crippen LogP) is 2.10. The molecule has 2 aliphatic rings. The molecular formula is C14H18O3. The SMILES string of the molecule is CC(=O)[C@H]1C(=O)[C@@H]2CC(C)=C(C)C[C@]2(C)C1=O. The molecule has 0 aromatic heterocycles. The van der Waals surface area contributed by atoms with Crippen molar-refractivity contribution in [3.63, 3.8) is 0 Å². The lowest BCUT2D eigenvalue weighted by Crippen LogP contribution is -2.34. The van der Waals surface area contributed by atoms with E-state index in [1.165, 1.54) is 18.1 Å². The van der Waals surface area contributed by atoms with Crippen molar-refractivity contribution in [1.29, 1.82) is 0 Å². The van der Waals surface area contributed by atoms with Crippen molar-refractivity contribution >= 4 is 17.3 Å². The van der Waals surface area contributed by atoms with Gasteiger partial charge in [-0.05, 0) is 33.6 Å². The Balaban J connectivity index is 2.47. The molecule has 0 unspecified atom stereocenters. The summed E-state index contributed by atoms with van der Waals surface area (Å²) in [4.78, 5) is 35.9. The van der Waals surface area contributed by atoms with Crippen LogP contribution < -0.4 is 0 Å². The van der Waals surface area contributed by atoms with E-state index in [1.54, 1.807) is 0 Å². The lowest BCUT2D eigenvalue weighted by Gasteiger charge is -2.34. The summed E-state index contributed by atoms with van der Waals surface area (Å²) in [5, 5.41) is 0. The van der Waals surface area contributed by atoms with Crippen LogP contribution in [0.3, 0.4) is 0 Å². The van der Waals surface area contributed by atoms with Gasteiger partial charge in [-0.1, -0.05) is 18.1 Å². The van der Waals surface area contributed by atoms with E-state index in [4.69, 9.17) is 0 Å². The van der Waals surface area contributed by atoms with Gasteiger partial charge in [-0.15, -0.1) is 0 Å². The molecule has 0 N–H and O–H groups in total. The number of carbonyl (C=O) groups is 3. The van der Waals surface area contributed by atoms with Gasteiger partial charge in [-0.2, -0.15) is 0 Å². The van der Waals surface area contributed by atoms with E-state index in [9.17, 15) is 14.4 Å². The molecule has 3 atom stereocenters. The summed E-state index contributed by atoms with van der Waals surface area (Å²) in [6.45, 7) is 7.20. The summed E-state index contributed by atoms with van der Waals surface area (Å²) in [6, 6.07) is 0. The van der Waals surface area contributed by atoms with Crippen LogP contribution in [0.2, 0.25) is 0 Å². The highest BCUT2D eigenvalue weighted by Gasteiger charge is 2.59. The van der Waals surface area contributed by atoms with E-state index in [2.05, 4.69) is 0 Å². The molecule has 2 aliphatic carbocycles. The molecule has 0 heterocycles. The molecule has 0 bridgehead atoms. The molecule has 1 saturated carbocycles. The van der Waals surface area contributed by atoms with Crippen LogP contribution in [0.4, 0.5) is 0 Å². The third-order valence-electron chi connectivity index (χ3n) is 4.50. The zero-order chi connectivity index (χ0) is 13.0. The van der Waals surface area contributed by atoms with Crippen molar-refractivity contribution < 1.29 is 14.4 Å². The van der Waals surface area contributed by atoms with Gasteiger partial charge in [0.15, 0.2) is 11.6 Å². The lowest BCUT2D eigenvalue weighted by molar-refractivity contribution is -0.136. The molecule has 0 spiro atoms. The van der Waals surface area contributed by atoms with Crippen LogP contribution in [-0.4, -0.2) is 17.3 Å². The first-order chi connectivity index (χ1) is 7.79. The van der Waals surface area contributed by atoms with E-state index in [0.29, 0.717) is 12.8 Å². The van der Waals surface area contributed by atoms with E-state index in [0.717, 1.165) is 0 Å². The Morgan fingerprint density at radius 1 is 1.24 bits per heavy atom. The predicted molar refractivity (Wildman–Crippen MR) is 63.4 cm³/mol. The van der Waals surface area contributed by atoms with Gasteiger partial charge in [0.1, 0.15) is 11.7 Å². The van der Waals surface area contributed by atoms with E-state index >= 15 is 0 Å². The largest absolute Gasteiger partial charge is 0.299 e. The highest BCUT2D eigenvalue weighted by molar-refractivity contribution is 6.26. The minimum atomic E-state index is -0.997. The van der Waals surface area contributed by atoms with Crippen LogP contribution in [0.25, 0.3) is 0 Å². The number of ketones is 3. The minimum absolute atomic E-state index is 0.156. The summed E-state index contributed by atoms with van der Waals surface area (Å²) in [5.41, 5.74) is 1.74. The smallest absolute Gasteiger partial charge is 0.157 e. The maximum absolute atomic E-state index is 12.3. The third kappa shape index (κ3) is 1.52. The Bertz CT molecular complexity index is 458. The lowest BCUT2D eigenvalue weighted by atomic mass is 9.67. The average Bonchev–Trinajstić information content (AvgIpc) is 2.39. The van der Waals surface area contributed by atoms with E-state index < -0.39 is 11.3 Å². The second kappa shape index (κ2) is 3.62. The highest BCUT2D eigenvalue weighted by atomic mass is 16.2. The standard InChI is InChI=1S/C14H18O3/c1-7-5-10-12(16)11(9(3)15)13(17)14(10,4)6-8(7)2/h10-11H,5-6H2,1-4H3/t10-,11-,14-/m0/s1. The Morgan fingerprint density at radius 3 is 2.35 bits per heavy atom. The zero-order valence-electron chi connectivity index (χ0n) is 10.8. The number of Topliss-reactive ketones (excluding diaryl/α,β-unsaturated/α-hetero) is 3. The molecule has 0 aromatic rings. The topological polar surface area (TPSA) is 51.2 Å². The van der Waals surface area contributed by atoms with Gasteiger partial charge in [-0.3, -0.25) is 14.4 Å². The van der Waals surface area contributed by atoms with E-state index in [-0.39, 0.29) is 23.3 Å². The number of hydrogen-bond donors (Lipinski definition) is 0. The van der Waals surface area contributed by atoms with Crippen molar-refractivity contribution in [1.82, 2.24) is 0 Å². The second-order valence-electron chi connectivity index (χ2n) is 5.72. The van der Waals surface area contributed by atoms with Crippen LogP contribution >= 0.6 is 0 Å². The first kappa shape index (κ1) is 12.2. The maximum Gasteiger partial charge on any atom is 0.157 e. The van der Waals surface area contributed by atoms with Gasteiger partial charge < -0.3 is 0 Å². The zero-order valence-corrected chi connectivity index (χ0v) is 10.8. The Morgan fingerprint density at radius 2 is 1.82 bits per heavy atom. The molecule has 0 aromatic carbocycles. The third-order valence-corrected chi connectivity index (χ3v) is 4.50. The molecule has 17 heavy (non-hydrogen) atoms. The number of allylic oxidation sites excluding steroid dienone is 2. The number of carbonyl (C=O) groups excluding carboxylic acids is 3. The Hall–Kier alpha value is -1.25. The maximum atomic E-state index is 12.3. The highest BCUT2D eigenvalue weighted by Crippen LogP contribution is 2.51. The molecule has 1 fully saturated rings. The quantitative estimate of drug-likeness (QED) is 0.515. The fourth-order valence-electron chi connectivity index (χ4n) is 3.25. The second-order valence-corrected chi connectivity index (χ2v) is 5.72. The van der Waals surface area contributed by atoms with Crippen LogP contribution in [-0.2, 0) is 14.4 Å². The van der Waals surface area contributed by atoms with Crippen molar-refractivity contribution in [2.75, 3.05) is 0 Å². The van der Waals surface area contributed by atoms with Gasteiger partial charge in [0.25, 0.3) is 0 Å². The van der Waals surface area contributed by atoms with Crippen molar-refractivity contribution in [3.05, 3.63) is 11.1 Å². The number of fused-ring (bicyclic) bond motifs is 1. The summed E-state index contributed by atoms with van der Waals surface area (Å²) in [7, 11) is 0. The molecule has 0 amide bonds. The molecular weight excluding hydrogens is 216 g/mol. The number of rotatable bonds is 1. The van der Waals surface area contributed by atoms with Crippen LogP contribution in [0, 0.1) is 17.3 Å². The van der Waals surface area contributed by atoms with Gasteiger partial charge in [0.2, 0.25) is 0 Å². The van der Waals surface area contributed by atoms with E-state index in [1.807, 2.05) is 20.8 Å². The normalized spacial score (nSPS) is 37.4. The number of hydrogen-bond acceptors (Lipinski definition) is 3. The fourth-order valence-corrected chi connectivity index (χ4v) is 3.25. The van der Waals surface area contributed by atoms with Crippen molar-refractivity contribution in [3.8, 4) is 0 Å². The van der Waals surface area contributed by atoms with Crippen LogP contribution in [0.5, 0.6) is 0 Å². The van der Waals surface area contributed by atoms with Crippen LogP contribution in [0.15, 0.2) is 11.1 Å². The summed E-state index contributed by atoms with van der Waals surface area (Å²) < 4.78 is 0. The molecule has 3 nitrogen and oxygen atoms in total. The minimum Gasteiger partial charge on any atom is -0.299 e.